The minimum atomic E-state index is -0.833. The highest BCUT2D eigenvalue weighted by molar-refractivity contribution is 5.70. The topological polar surface area (TPSA) is 64.3 Å². The number of carboxylic acid groups (broad SMARTS) is 1. The van der Waals surface area contributed by atoms with E-state index >= 15 is 0 Å². The molecule has 0 fully saturated rings. The summed E-state index contributed by atoms with van der Waals surface area (Å²) in [4.78, 5) is 10.6. The minimum Gasteiger partial charge on any atom is -0.487 e. The van der Waals surface area contributed by atoms with Crippen LogP contribution in [0.25, 0.3) is 0 Å². The Hall–Kier alpha value is -2.30. The third-order valence-electron chi connectivity index (χ3n) is 3.05. The molecule has 0 bridgehead atoms. The van der Waals surface area contributed by atoms with Gasteiger partial charge in [0.05, 0.1) is 17.8 Å². The molecule has 1 N–H and O–H groups in total. The molecule has 0 spiro atoms. The van der Waals surface area contributed by atoms with Crippen LogP contribution < -0.4 is 4.74 Å². The third-order valence-corrected chi connectivity index (χ3v) is 3.05. The first-order valence-corrected chi connectivity index (χ1v) is 6.53. The average molecular weight is 274 g/mol. The van der Waals surface area contributed by atoms with Crippen molar-refractivity contribution in [2.75, 3.05) is 0 Å². The van der Waals surface area contributed by atoms with Crippen LogP contribution in [0.2, 0.25) is 0 Å². The molecule has 1 aromatic heterocycles. The predicted octanol–water partition coefficient (Wildman–Crippen LogP) is 2.19. The number of benzene rings is 1. The first kappa shape index (κ1) is 14.1. The molecule has 2 aromatic rings. The van der Waals surface area contributed by atoms with Crippen LogP contribution in [-0.4, -0.2) is 20.9 Å². The Morgan fingerprint density at radius 2 is 2.05 bits per heavy atom. The molecule has 0 saturated carbocycles. The second-order valence-electron chi connectivity index (χ2n) is 4.61. The Balaban J connectivity index is 1.96. The van der Waals surface area contributed by atoms with Crippen molar-refractivity contribution in [1.82, 2.24) is 9.78 Å². The van der Waals surface area contributed by atoms with Crippen molar-refractivity contribution < 1.29 is 14.6 Å². The zero-order chi connectivity index (χ0) is 14.5. The van der Waals surface area contributed by atoms with E-state index in [0.29, 0.717) is 6.61 Å². The highest BCUT2D eigenvalue weighted by Gasteiger charge is 2.05. The van der Waals surface area contributed by atoms with Gasteiger partial charge in [0.15, 0.2) is 0 Å². The van der Waals surface area contributed by atoms with Gasteiger partial charge in [0, 0.05) is 7.05 Å². The minimum absolute atomic E-state index is 0.0296. The van der Waals surface area contributed by atoms with Gasteiger partial charge in [-0.15, -0.1) is 0 Å². The lowest BCUT2D eigenvalue weighted by molar-refractivity contribution is -0.136. The summed E-state index contributed by atoms with van der Waals surface area (Å²) in [5, 5.41) is 13.1. The van der Waals surface area contributed by atoms with Gasteiger partial charge in [-0.1, -0.05) is 19.1 Å². The Kier molecular flexibility index (Phi) is 4.40. The first-order valence-electron chi connectivity index (χ1n) is 6.53. The summed E-state index contributed by atoms with van der Waals surface area (Å²) in [6.45, 7) is 2.51. The predicted molar refractivity (Wildman–Crippen MR) is 74.7 cm³/mol. The van der Waals surface area contributed by atoms with Crippen molar-refractivity contribution in [3.8, 4) is 5.75 Å². The van der Waals surface area contributed by atoms with E-state index in [1.165, 1.54) is 0 Å². The molecule has 0 atom stereocenters. The van der Waals surface area contributed by atoms with E-state index in [0.717, 1.165) is 29.1 Å². The highest BCUT2D eigenvalue weighted by atomic mass is 16.5. The molecule has 20 heavy (non-hydrogen) atoms. The van der Waals surface area contributed by atoms with Gasteiger partial charge in [-0.25, -0.2) is 0 Å². The fourth-order valence-electron chi connectivity index (χ4n) is 1.91. The Bertz CT molecular complexity index is 588. The third kappa shape index (κ3) is 3.60. The van der Waals surface area contributed by atoms with Gasteiger partial charge in [-0.2, -0.15) is 5.10 Å². The van der Waals surface area contributed by atoms with Crippen LogP contribution in [0.4, 0.5) is 0 Å². The number of aromatic nitrogens is 2. The number of aliphatic carboxylic acids is 1. The van der Waals surface area contributed by atoms with Gasteiger partial charge >= 0.3 is 5.97 Å². The van der Waals surface area contributed by atoms with Gasteiger partial charge < -0.3 is 9.84 Å². The maximum atomic E-state index is 10.6. The zero-order valence-corrected chi connectivity index (χ0v) is 11.7. The van der Waals surface area contributed by atoms with E-state index in [-0.39, 0.29) is 6.42 Å². The lowest BCUT2D eigenvalue weighted by Crippen LogP contribution is -2.03. The summed E-state index contributed by atoms with van der Waals surface area (Å²) in [5.74, 6) is -0.112. The van der Waals surface area contributed by atoms with E-state index in [1.807, 2.05) is 17.8 Å². The quantitative estimate of drug-likeness (QED) is 0.877. The maximum absolute atomic E-state index is 10.6. The van der Waals surface area contributed by atoms with E-state index in [1.54, 1.807) is 24.3 Å². The van der Waals surface area contributed by atoms with E-state index in [2.05, 4.69) is 12.0 Å². The number of hydrogen-bond acceptors (Lipinski definition) is 3. The molecule has 1 aromatic carbocycles. The fraction of sp³-hybridized carbons (Fsp3) is 0.333. The number of carbonyl (C=O) groups is 1. The lowest BCUT2D eigenvalue weighted by Gasteiger charge is -2.07. The van der Waals surface area contributed by atoms with E-state index < -0.39 is 5.97 Å². The number of ether oxygens (including phenoxy) is 1. The van der Waals surface area contributed by atoms with Crippen molar-refractivity contribution in [3.63, 3.8) is 0 Å². The smallest absolute Gasteiger partial charge is 0.307 e. The molecule has 0 aliphatic heterocycles. The van der Waals surface area contributed by atoms with Gasteiger partial charge in [0.1, 0.15) is 12.4 Å². The number of nitrogens with zero attached hydrogens (tertiary/aromatic N) is 2. The van der Waals surface area contributed by atoms with Crippen molar-refractivity contribution >= 4 is 5.97 Å². The van der Waals surface area contributed by atoms with Crippen LogP contribution in [0.5, 0.6) is 5.75 Å². The molecule has 0 aliphatic rings. The van der Waals surface area contributed by atoms with Gasteiger partial charge in [0.2, 0.25) is 0 Å². The van der Waals surface area contributed by atoms with Crippen molar-refractivity contribution in [3.05, 3.63) is 47.3 Å². The van der Waals surface area contributed by atoms with Crippen molar-refractivity contribution in [2.24, 2.45) is 7.05 Å². The van der Waals surface area contributed by atoms with Crippen LogP contribution >= 0.6 is 0 Å². The van der Waals surface area contributed by atoms with Crippen molar-refractivity contribution in [1.29, 1.82) is 0 Å². The molecular weight excluding hydrogens is 256 g/mol. The van der Waals surface area contributed by atoms with Gasteiger partial charge in [-0.3, -0.25) is 9.48 Å². The molecule has 0 aliphatic carbocycles. The average Bonchev–Trinajstić information content (AvgIpc) is 2.78. The molecule has 1 heterocycles. The summed E-state index contributed by atoms with van der Waals surface area (Å²) in [6.07, 6.45) is 0.930. The summed E-state index contributed by atoms with van der Waals surface area (Å²) in [5.41, 5.74) is 2.82. The van der Waals surface area contributed by atoms with Crippen LogP contribution in [-0.2, 0) is 31.3 Å². The maximum Gasteiger partial charge on any atom is 0.307 e. The first-order chi connectivity index (χ1) is 9.58. The van der Waals surface area contributed by atoms with Crippen LogP contribution in [0.1, 0.15) is 23.9 Å². The van der Waals surface area contributed by atoms with Crippen molar-refractivity contribution in [2.45, 2.75) is 26.4 Å². The van der Waals surface area contributed by atoms with Gasteiger partial charge in [-0.05, 0) is 30.2 Å². The molecular formula is C15H18N2O3. The number of carboxylic acids is 1. The Labute approximate surface area is 117 Å². The molecule has 2 rings (SSSR count). The van der Waals surface area contributed by atoms with E-state index in [4.69, 9.17) is 9.84 Å². The second-order valence-corrected chi connectivity index (χ2v) is 4.61. The highest BCUT2D eigenvalue weighted by Crippen LogP contribution is 2.15. The molecule has 106 valence electrons. The summed E-state index contributed by atoms with van der Waals surface area (Å²) in [6, 6.07) is 9.14. The number of hydrogen-bond donors (Lipinski definition) is 1. The molecule has 0 amide bonds. The summed E-state index contributed by atoms with van der Waals surface area (Å²) >= 11 is 0. The monoisotopic (exact) mass is 274 g/mol. The largest absolute Gasteiger partial charge is 0.487 e. The summed E-state index contributed by atoms with van der Waals surface area (Å²) < 4.78 is 7.50. The molecule has 0 saturated heterocycles. The Morgan fingerprint density at radius 3 is 2.60 bits per heavy atom. The summed E-state index contributed by atoms with van der Waals surface area (Å²) in [7, 11) is 1.90. The van der Waals surface area contributed by atoms with Crippen LogP contribution in [0.3, 0.4) is 0 Å². The number of aryl methyl sites for hydroxylation is 2. The number of rotatable bonds is 6. The zero-order valence-electron chi connectivity index (χ0n) is 11.7. The fourth-order valence-corrected chi connectivity index (χ4v) is 1.91. The lowest BCUT2D eigenvalue weighted by atomic mass is 10.1. The molecule has 0 unspecified atom stereocenters. The van der Waals surface area contributed by atoms with Gasteiger partial charge in [0.25, 0.3) is 0 Å². The van der Waals surface area contributed by atoms with Crippen LogP contribution in [0.15, 0.2) is 30.3 Å². The standard InChI is InChI=1S/C15H18N2O3/c1-3-12-9-13(17(2)16-12)10-20-14-6-4-11(5-7-14)8-15(18)19/h4-7,9H,3,8,10H2,1-2H3,(H,18,19). The van der Waals surface area contributed by atoms with E-state index in [9.17, 15) is 4.79 Å². The second kappa shape index (κ2) is 6.23. The van der Waals surface area contributed by atoms with Crippen LogP contribution in [0, 0.1) is 0 Å². The SMILES string of the molecule is CCc1cc(COc2ccc(CC(=O)O)cc2)n(C)n1. The normalized spacial score (nSPS) is 10.5. The molecule has 0 radical (unpaired) electrons. The molecule has 5 nitrogen and oxygen atoms in total. The Morgan fingerprint density at radius 1 is 1.35 bits per heavy atom. The molecule has 5 heteroatoms.